The van der Waals surface area contributed by atoms with E-state index in [1.807, 2.05) is 0 Å². The van der Waals surface area contributed by atoms with Crippen molar-refractivity contribution in [3.63, 3.8) is 0 Å². The highest BCUT2D eigenvalue weighted by Gasteiger charge is 2.38. The number of nitrogens with zero attached hydrogens (tertiary/aromatic N) is 3. The molecule has 0 aliphatic carbocycles. The van der Waals surface area contributed by atoms with E-state index in [1.165, 1.54) is 30.3 Å². The van der Waals surface area contributed by atoms with Crippen LogP contribution in [0.25, 0.3) is 38.8 Å². The molecule has 164 valence electrons. The van der Waals surface area contributed by atoms with Crippen molar-refractivity contribution in [2.24, 2.45) is 0 Å². The Morgan fingerprint density at radius 1 is 0.970 bits per heavy atom. The van der Waals surface area contributed by atoms with Crippen molar-refractivity contribution in [1.82, 2.24) is 14.6 Å². The van der Waals surface area contributed by atoms with Gasteiger partial charge in [-0.05, 0) is 16.3 Å². The summed E-state index contributed by atoms with van der Waals surface area (Å²) in [5, 5.41) is 14.6. The molecule has 10 heteroatoms. The molecule has 0 aliphatic rings. The number of nitro benzene ring substituents is 1. The molecule has 7 nitrogen and oxygen atoms in total. The normalized spacial score (nSPS) is 11.8. The van der Waals surface area contributed by atoms with E-state index in [0.29, 0.717) is 5.39 Å². The van der Waals surface area contributed by atoms with E-state index in [2.05, 4.69) is 10.1 Å². The van der Waals surface area contributed by atoms with E-state index in [-0.39, 0.29) is 33.7 Å². The first-order valence-electron chi connectivity index (χ1n) is 9.70. The van der Waals surface area contributed by atoms with Crippen molar-refractivity contribution in [1.29, 1.82) is 0 Å². The molecule has 0 amide bonds. The van der Waals surface area contributed by atoms with Crippen LogP contribution >= 0.6 is 0 Å². The molecule has 5 rings (SSSR count). The van der Waals surface area contributed by atoms with Crippen LogP contribution in [0.5, 0.6) is 0 Å². The second kappa shape index (κ2) is 7.30. The van der Waals surface area contributed by atoms with E-state index in [0.717, 1.165) is 16.0 Å². The zero-order valence-electron chi connectivity index (χ0n) is 16.6. The summed E-state index contributed by atoms with van der Waals surface area (Å²) in [6, 6.07) is 18.3. The van der Waals surface area contributed by atoms with Gasteiger partial charge in [-0.1, -0.05) is 54.6 Å². The molecule has 0 atom stereocenters. The summed E-state index contributed by atoms with van der Waals surface area (Å²) < 4.78 is 42.8. The number of aromatic nitrogens is 3. The average Bonchev–Trinajstić information content (AvgIpc) is 3.19. The van der Waals surface area contributed by atoms with E-state index in [1.54, 1.807) is 36.4 Å². The lowest BCUT2D eigenvalue weighted by Gasteiger charge is -2.10. The third-order valence-corrected chi connectivity index (χ3v) is 5.31. The first kappa shape index (κ1) is 20.4. The van der Waals surface area contributed by atoms with Crippen molar-refractivity contribution in [2.75, 3.05) is 0 Å². The maximum Gasteiger partial charge on any atom is 0.433 e. The maximum absolute atomic E-state index is 14.0. The monoisotopic (exact) mass is 450 g/mol. The van der Waals surface area contributed by atoms with Crippen LogP contribution in [0.1, 0.15) is 5.69 Å². The van der Waals surface area contributed by atoms with Crippen molar-refractivity contribution >= 4 is 22.1 Å². The van der Waals surface area contributed by atoms with Crippen molar-refractivity contribution in [3.05, 3.63) is 99.0 Å². The molecule has 0 spiro atoms. The number of nitrogens with one attached hydrogen (secondary N) is 1. The van der Waals surface area contributed by atoms with Gasteiger partial charge in [0, 0.05) is 23.8 Å². The highest BCUT2D eigenvalue weighted by atomic mass is 19.4. The largest absolute Gasteiger partial charge is 0.433 e. The minimum absolute atomic E-state index is 0.0258. The van der Waals surface area contributed by atoms with Gasteiger partial charge in [0.2, 0.25) is 0 Å². The Kier molecular flexibility index (Phi) is 4.52. The van der Waals surface area contributed by atoms with Crippen LogP contribution in [0, 0.1) is 10.1 Å². The number of hydrogen-bond donors (Lipinski definition) is 1. The lowest BCUT2D eigenvalue weighted by atomic mass is 9.98. The second-order valence-electron chi connectivity index (χ2n) is 7.33. The summed E-state index contributed by atoms with van der Waals surface area (Å²) in [5.74, 6) is 0. The molecule has 0 fully saturated rings. The smallest absolute Gasteiger partial charge is 0.284 e. The number of nitro groups is 1. The van der Waals surface area contributed by atoms with Crippen molar-refractivity contribution in [3.8, 4) is 22.4 Å². The molecule has 0 radical (unpaired) electrons. The molecule has 0 saturated carbocycles. The van der Waals surface area contributed by atoms with Gasteiger partial charge in [-0.25, -0.2) is 9.50 Å². The summed E-state index contributed by atoms with van der Waals surface area (Å²) in [4.78, 5) is 27.6. The Balaban J connectivity index is 1.87. The fourth-order valence-corrected chi connectivity index (χ4v) is 3.87. The Morgan fingerprint density at radius 2 is 1.70 bits per heavy atom. The third kappa shape index (κ3) is 3.41. The van der Waals surface area contributed by atoms with Gasteiger partial charge in [0.25, 0.3) is 11.2 Å². The highest BCUT2D eigenvalue weighted by Crippen LogP contribution is 2.41. The van der Waals surface area contributed by atoms with Crippen LogP contribution in [0.2, 0.25) is 0 Å². The van der Waals surface area contributed by atoms with Gasteiger partial charge < -0.3 is 0 Å². The molecule has 1 N–H and O–H groups in total. The predicted octanol–water partition coefficient (Wildman–Crippen LogP) is 5.44. The lowest BCUT2D eigenvalue weighted by molar-refractivity contribution is -0.384. The van der Waals surface area contributed by atoms with Crippen LogP contribution in [0.15, 0.2) is 77.6 Å². The van der Waals surface area contributed by atoms with Crippen molar-refractivity contribution < 1.29 is 18.1 Å². The van der Waals surface area contributed by atoms with Gasteiger partial charge >= 0.3 is 6.18 Å². The van der Waals surface area contributed by atoms with Gasteiger partial charge in [0.1, 0.15) is 5.69 Å². The maximum atomic E-state index is 14.0. The Bertz CT molecular complexity index is 1610. The van der Waals surface area contributed by atoms with E-state index in [4.69, 9.17) is 0 Å². The Labute approximate surface area is 182 Å². The Morgan fingerprint density at radius 3 is 2.45 bits per heavy atom. The number of hydrogen-bond acceptors (Lipinski definition) is 4. The number of non-ortho nitro benzene ring substituents is 1. The third-order valence-electron chi connectivity index (χ3n) is 5.31. The molecule has 0 aliphatic heterocycles. The van der Waals surface area contributed by atoms with Crippen molar-refractivity contribution in [2.45, 2.75) is 6.18 Å². The number of fused-ring (bicyclic) bond motifs is 2. The van der Waals surface area contributed by atoms with Crippen LogP contribution in [0.4, 0.5) is 18.9 Å². The van der Waals surface area contributed by atoms with Crippen LogP contribution in [-0.2, 0) is 6.18 Å². The van der Waals surface area contributed by atoms with Crippen LogP contribution in [0.3, 0.4) is 0 Å². The van der Waals surface area contributed by atoms with Crippen LogP contribution in [-0.4, -0.2) is 19.5 Å². The fourth-order valence-electron chi connectivity index (χ4n) is 3.87. The topological polar surface area (TPSA) is 93.3 Å². The minimum Gasteiger partial charge on any atom is -0.284 e. The van der Waals surface area contributed by atoms with E-state index >= 15 is 0 Å². The number of rotatable bonds is 3. The fraction of sp³-hybridized carbons (Fsp3) is 0.0435. The number of aromatic amines is 1. The van der Waals surface area contributed by atoms with Gasteiger partial charge in [0.05, 0.1) is 16.2 Å². The van der Waals surface area contributed by atoms with Gasteiger partial charge in [-0.3, -0.25) is 20.0 Å². The second-order valence-corrected chi connectivity index (χ2v) is 7.33. The number of alkyl halides is 3. The highest BCUT2D eigenvalue weighted by molar-refractivity contribution is 6.00. The molecule has 33 heavy (non-hydrogen) atoms. The molecular weight excluding hydrogens is 437 g/mol. The van der Waals surface area contributed by atoms with Gasteiger partial charge in [-0.15, -0.1) is 0 Å². The average molecular weight is 450 g/mol. The molecule has 5 aromatic rings. The standard InChI is InChI=1S/C23H13F3N4O3/c24-23(25,26)21-20(17-10-4-6-13-5-1-2-9-16(13)17)22-27-18(12-19(31)29(22)28-21)14-7-3-8-15(11-14)30(32)33/h1-12,28H. The van der Waals surface area contributed by atoms with E-state index in [9.17, 15) is 28.1 Å². The number of halogens is 3. The first-order valence-corrected chi connectivity index (χ1v) is 9.70. The zero-order chi connectivity index (χ0) is 23.3. The predicted molar refractivity (Wildman–Crippen MR) is 116 cm³/mol. The molecule has 3 aromatic carbocycles. The first-order chi connectivity index (χ1) is 15.7. The molecule has 2 heterocycles. The summed E-state index contributed by atoms with van der Waals surface area (Å²) >= 11 is 0. The molecule has 2 aromatic heterocycles. The SMILES string of the molecule is O=c1cc(-c2cccc([N+](=O)[O-])c2)nc2c(-c3cccc4ccccc34)c(C(F)(F)F)[nH]n12. The molecule has 0 saturated heterocycles. The number of benzene rings is 3. The Hall–Kier alpha value is -4.47. The van der Waals surface area contributed by atoms with E-state index < -0.39 is 22.4 Å². The molecule has 0 bridgehead atoms. The summed E-state index contributed by atoms with van der Waals surface area (Å²) in [5.41, 5.74) is -2.11. The zero-order valence-corrected chi connectivity index (χ0v) is 16.6. The quantitative estimate of drug-likeness (QED) is 0.293. The van der Waals surface area contributed by atoms with Gasteiger partial charge in [-0.2, -0.15) is 13.2 Å². The summed E-state index contributed by atoms with van der Waals surface area (Å²) in [6.45, 7) is 0. The number of H-pyrrole nitrogens is 1. The summed E-state index contributed by atoms with van der Waals surface area (Å²) in [6.07, 6.45) is -4.79. The molecular formula is C23H13F3N4O3. The summed E-state index contributed by atoms with van der Waals surface area (Å²) in [7, 11) is 0. The minimum atomic E-state index is -4.79. The van der Waals surface area contributed by atoms with Gasteiger partial charge in [0.15, 0.2) is 5.65 Å². The lowest BCUT2D eigenvalue weighted by Crippen LogP contribution is -2.15. The molecule has 0 unspecified atom stereocenters. The van der Waals surface area contributed by atoms with Crippen LogP contribution < -0.4 is 5.56 Å².